The number of amides is 2. The SMILES string of the molecule is CC(C)[C@@H]1NC(=O)c2coc(n2)-c2coc(n2)-c2coc(n2)[C@H](CCCCN(C)C)NC(=O)c2coc(n2)-c2coc(n2)-c2coc1n2. The second-order valence-corrected chi connectivity index (χ2v) is 11.8. The average molecular weight is 658 g/mol. The van der Waals surface area contributed by atoms with E-state index in [2.05, 4.69) is 45.4 Å². The van der Waals surface area contributed by atoms with Crippen LogP contribution in [0, 0.1) is 5.92 Å². The lowest BCUT2D eigenvalue weighted by molar-refractivity contribution is 0.0907. The summed E-state index contributed by atoms with van der Waals surface area (Å²) in [7, 11) is 4.00. The van der Waals surface area contributed by atoms with Gasteiger partial charge in [0.15, 0.2) is 34.2 Å². The van der Waals surface area contributed by atoms with E-state index in [0.29, 0.717) is 12.1 Å². The lowest BCUT2D eigenvalue weighted by Crippen LogP contribution is -2.32. The van der Waals surface area contributed by atoms with Crippen LogP contribution in [0.2, 0.25) is 0 Å². The Morgan fingerprint density at radius 2 is 1.04 bits per heavy atom. The second kappa shape index (κ2) is 12.7. The van der Waals surface area contributed by atoms with Crippen LogP contribution < -0.4 is 10.6 Å². The predicted octanol–water partition coefficient (Wildman–Crippen LogP) is 4.93. The number of hydrogen-bond donors (Lipinski definition) is 2. The van der Waals surface area contributed by atoms with E-state index in [1.165, 1.54) is 37.6 Å². The summed E-state index contributed by atoms with van der Waals surface area (Å²) in [6.45, 7) is 4.68. The molecule has 0 unspecified atom stereocenters. The van der Waals surface area contributed by atoms with Crippen LogP contribution in [-0.2, 0) is 0 Å². The zero-order valence-electron chi connectivity index (χ0n) is 26.4. The summed E-state index contributed by atoms with van der Waals surface area (Å²) in [5.41, 5.74) is 1.08. The molecule has 7 rings (SSSR count). The quantitative estimate of drug-likeness (QED) is 0.227. The lowest BCUT2D eigenvalue weighted by Gasteiger charge is -2.18. The third kappa shape index (κ3) is 6.26. The Labute approximate surface area is 272 Å². The fraction of sp³-hybridized carbons (Fsp3) is 0.355. The Balaban J connectivity index is 1.24. The number of fused-ring (bicyclic) bond motifs is 16. The smallest absolute Gasteiger partial charge is 0.273 e. The summed E-state index contributed by atoms with van der Waals surface area (Å²) < 4.78 is 33.9. The van der Waals surface area contributed by atoms with Gasteiger partial charge < -0.3 is 42.0 Å². The number of aromatic nitrogens is 6. The van der Waals surface area contributed by atoms with Crippen molar-refractivity contribution < 1.29 is 36.1 Å². The van der Waals surface area contributed by atoms with Crippen molar-refractivity contribution in [1.82, 2.24) is 45.4 Å². The molecule has 2 N–H and O–H groups in total. The summed E-state index contributed by atoms with van der Waals surface area (Å²) in [5.74, 6) is -0.276. The van der Waals surface area contributed by atoms with E-state index in [0.717, 1.165) is 19.4 Å². The third-order valence-corrected chi connectivity index (χ3v) is 7.57. The van der Waals surface area contributed by atoms with Crippen molar-refractivity contribution in [2.24, 2.45) is 5.92 Å². The highest BCUT2D eigenvalue weighted by molar-refractivity contribution is 5.93. The molecule has 1 aliphatic rings. The average Bonchev–Trinajstić information content (AvgIpc) is 3.90. The minimum atomic E-state index is -0.629. The van der Waals surface area contributed by atoms with Gasteiger partial charge in [-0.05, 0) is 45.8 Å². The topological polar surface area (TPSA) is 218 Å². The van der Waals surface area contributed by atoms with Crippen LogP contribution in [0.3, 0.4) is 0 Å². The fourth-order valence-corrected chi connectivity index (χ4v) is 5.04. The van der Waals surface area contributed by atoms with E-state index >= 15 is 0 Å². The maximum absolute atomic E-state index is 13.4. The Morgan fingerprint density at radius 3 is 1.58 bits per heavy atom. The molecule has 12 bridgehead atoms. The van der Waals surface area contributed by atoms with Gasteiger partial charge in [0.2, 0.25) is 35.3 Å². The molecule has 0 aromatic carbocycles. The van der Waals surface area contributed by atoms with Crippen LogP contribution in [-0.4, -0.2) is 67.3 Å². The maximum atomic E-state index is 13.4. The summed E-state index contributed by atoms with van der Waals surface area (Å²) in [4.78, 5) is 55.2. The number of nitrogens with one attached hydrogen (secondary N) is 2. The first-order valence-electron chi connectivity index (χ1n) is 15.2. The van der Waals surface area contributed by atoms with E-state index in [-0.39, 0.29) is 69.7 Å². The maximum Gasteiger partial charge on any atom is 0.273 e. The van der Waals surface area contributed by atoms with Crippen molar-refractivity contribution in [3.63, 3.8) is 0 Å². The van der Waals surface area contributed by atoms with Gasteiger partial charge in [-0.15, -0.1) is 0 Å². The number of oxazole rings is 6. The van der Waals surface area contributed by atoms with Crippen LogP contribution in [0.1, 0.15) is 78.0 Å². The van der Waals surface area contributed by atoms with Gasteiger partial charge in [0, 0.05) is 0 Å². The molecule has 0 saturated heterocycles. The Hall–Kier alpha value is -5.84. The van der Waals surface area contributed by atoms with Crippen molar-refractivity contribution in [3.05, 3.63) is 60.7 Å². The summed E-state index contributed by atoms with van der Waals surface area (Å²) in [6, 6.07) is -1.23. The van der Waals surface area contributed by atoms with Gasteiger partial charge in [0.25, 0.3) is 11.8 Å². The van der Waals surface area contributed by atoms with Crippen molar-refractivity contribution in [1.29, 1.82) is 0 Å². The van der Waals surface area contributed by atoms with E-state index in [1.54, 1.807) is 0 Å². The van der Waals surface area contributed by atoms with Crippen LogP contribution >= 0.6 is 0 Å². The molecule has 0 aliphatic carbocycles. The number of unbranched alkanes of at least 4 members (excludes halogenated alkanes) is 1. The summed E-state index contributed by atoms with van der Waals surface area (Å²) in [5, 5.41) is 5.84. The van der Waals surface area contributed by atoms with Crippen LogP contribution in [0.25, 0.3) is 46.3 Å². The molecule has 48 heavy (non-hydrogen) atoms. The van der Waals surface area contributed by atoms with Gasteiger partial charge >= 0.3 is 0 Å². The molecule has 17 nitrogen and oxygen atoms in total. The predicted molar refractivity (Wildman–Crippen MR) is 163 cm³/mol. The second-order valence-electron chi connectivity index (χ2n) is 11.8. The Morgan fingerprint density at radius 1 is 0.604 bits per heavy atom. The van der Waals surface area contributed by atoms with Gasteiger partial charge in [0.1, 0.15) is 49.7 Å². The molecule has 2 atom stereocenters. The van der Waals surface area contributed by atoms with Gasteiger partial charge in [-0.25, -0.2) is 29.9 Å². The molecule has 17 heteroatoms. The third-order valence-electron chi connectivity index (χ3n) is 7.57. The Bertz CT molecular complexity index is 2040. The molecule has 0 radical (unpaired) electrons. The molecule has 6 aromatic heterocycles. The van der Waals surface area contributed by atoms with Gasteiger partial charge in [0.05, 0.1) is 0 Å². The molecule has 2 amide bonds. The lowest BCUT2D eigenvalue weighted by atomic mass is 10.0. The number of carbonyl (C=O) groups is 2. The number of nitrogens with zero attached hydrogens (tertiary/aromatic N) is 7. The van der Waals surface area contributed by atoms with Crippen molar-refractivity contribution in [2.75, 3.05) is 20.6 Å². The molecule has 0 fully saturated rings. The van der Waals surface area contributed by atoms with Crippen molar-refractivity contribution in [3.8, 4) is 46.3 Å². The largest absolute Gasteiger partial charge is 0.446 e. The van der Waals surface area contributed by atoms with Crippen molar-refractivity contribution >= 4 is 11.8 Å². The van der Waals surface area contributed by atoms with Crippen molar-refractivity contribution in [2.45, 2.75) is 45.2 Å². The number of carbonyl (C=O) groups excluding carboxylic acids is 2. The number of hydrogen-bond acceptors (Lipinski definition) is 15. The van der Waals surface area contributed by atoms with Crippen LogP contribution in [0.5, 0.6) is 0 Å². The molecular weight excluding hydrogens is 626 g/mol. The molecule has 7 heterocycles. The Kier molecular flexibility index (Phi) is 8.18. The molecule has 1 aliphatic heterocycles. The highest BCUT2D eigenvalue weighted by Crippen LogP contribution is 2.30. The first-order chi connectivity index (χ1) is 23.2. The fourth-order valence-electron chi connectivity index (χ4n) is 5.04. The van der Waals surface area contributed by atoms with E-state index < -0.39 is 23.9 Å². The van der Waals surface area contributed by atoms with E-state index in [1.807, 2.05) is 27.9 Å². The molecule has 0 spiro atoms. The molecule has 0 saturated carbocycles. The molecular formula is C31H31N9O8. The van der Waals surface area contributed by atoms with E-state index in [4.69, 9.17) is 26.5 Å². The van der Waals surface area contributed by atoms with Gasteiger partial charge in [-0.1, -0.05) is 13.8 Å². The molecule has 248 valence electrons. The minimum absolute atomic E-state index is 0.0145. The van der Waals surface area contributed by atoms with Gasteiger partial charge in [-0.3, -0.25) is 9.59 Å². The van der Waals surface area contributed by atoms with Crippen LogP contribution in [0.4, 0.5) is 0 Å². The number of rotatable bonds is 6. The van der Waals surface area contributed by atoms with E-state index in [9.17, 15) is 9.59 Å². The first-order valence-corrected chi connectivity index (χ1v) is 15.2. The molecule has 6 aromatic rings. The zero-order valence-corrected chi connectivity index (χ0v) is 26.4. The minimum Gasteiger partial charge on any atom is -0.446 e. The van der Waals surface area contributed by atoms with Crippen LogP contribution in [0.15, 0.2) is 64.1 Å². The van der Waals surface area contributed by atoms with Gasteiger partial charge in [-0.2, -0.15) is 0 Å². The summed E-state index contributed by atoms with van der Waals surface area (Å²) in [6.07, 6.45) is 10.1. The monoisotopic (exact) mass is 657 g/mol. The first kappa shape index (κ1) is 30.8. The summed E-state index contributed by atoms with van der Waals surface area (Å²) >= 11 is 0. The standard InChI is InChI=1S/C31H31N9O8/c1-15(2)23-31-38-22(14-48-31)30-37-19(13-47-30)27-33-17(9-43-27)24(41)32-16(7-5-6-8-40(3)4)26-35-21(11-45-26)29-36-20(12-46-29)28-34-18(10-44-28)25(42)39-23/h9-16,23H,5-8H2,1-4H3,(H,32,41)(H,39,42)/t16-,23-/m0/s1. The zero-order chi connectivity index (χ0) is 33.4. The normalized spacial score (nSPS) is 16.6. The highest BCUT2D eigenvalue weighted by Gasteiger charge is 2.29. The highest BCUT2D eigenvalue weighted by atomic mass is 16.4.